The molecule has 6 nitrogen and oxygen atoms in total. The van der Waals surface area contributed by atoms with Crippen molar-refractivity contribution in [2.24, 2.45) is 0 Å². The van der Waals surface area contributed by atoms with Crippen LogP contribution in [0.3, 0.4) is 0 Å². The molecule has 0 fully saturated rings. The van der Waals surface area contributed by atoms with Crippen LogP contribution in [-0.2, 0) is 6.42 Å². The lowest BCUT2D eigenvalue weighted by molar-refractivity contribution is 0.416. The molecule has 118 valence electrons. The Morgan fingerprint density at radius 3 is 2.78 bits per heavy atom. The molecule has 6 heteroatoms. The van der Waals surface area contributed by atoms with Crippen LogP contribution in [0.5, 0.6) is 5.75 Å². The number of aryl methyl sites for hydroxylation is 2. The van der Waals surface area contributed by atoms with Crippen molar-refractivity contribution in [3.05, 3.63) is 48.0 Å². The molecule has 0 aliphatic carbocycles. The van der Waals surface area contributed by atoms with Gasteiger partial charge in [0.15, 0.2) is 0 Å². The lowest BCUT2D eigenvalue weighted by Crippen LogP contribution is -2.00. The fourth-order valence-corrected chi connectivity index (χ4v) is 2.30. The molecule has 2 N–H and O–H groups in total. The zero-order valence-corrected chi connectivity index (χ0v) is 13.4. The summed E-state index contributed by atoms with van der Waals surface area (Å²) in [6.45, 7) is 4.03. The first kappa shape index (κ1) is 15.0. The first-order valence-electron chi connectivity index (χ1n) is 7.48. The molecule has 0 atom stereocenters. The summed E-state index contributed by atoms with van der Waals surface area (Å²) in [4.78, 5) is 16.3. The molecule has 0 aliphatic heterocycles. The highest BCUT2D eigenvalue weighted by molar-refractivity contribution is 5.70. The Labute approximate surface area is 135 Å². The molecule has 23 heavy (non-hydrogen) atoms. The number of rotatable bonds is 5. The van der Waals surface area contributed by atoms with Crippen LogP contribution in [0.15, 0.2) is 36.7 Å². The average molecular weight is 309 g/mol. The molecule has 2 aromatic heterocycles. The zero-order chi connectivity index (χ0) is 16.2. The van der Waals surface area contributed by atoms with Gasteiger partial charge in [0.1, 0.15) is 11.6 Å². The van der Waals surface area contributed by atoms with Crippen LogP contribution in [0, 0.1) is 6.92 Å². The van der Waals surface area contributed by atoms with E-state index in [1.165, 1.54) is 0 Å². The molecule has 2 heterocycles. The standard InChI is InChI=1S/C17H19N5O/c1-4-12-7-8-18-17(21-12)22-13-5-6-14(15(9-13)23-3)16-19-10-11(2)20-16/h5-10H,4H2,1-3H3,(H,19,20)(H,18,21,22). The minimum atomic E-state index is 0.577. The predicted octanol–water partition coefficient (Wildman–Crippen LogP) is 3.49. The van der Waals surface area contributed by atoms with Gasteiger partial charge in [-0.05, 0) is 31.5 Å². The first-order valence-corrected chi connectivity index (χ1v) is 7.48. The molecule has 0 saturated carbocycles. The summed E-state index contributed by atoms with van der Waals surface area (Å²) in [5.74, 6) is 2.10. The first-order chi connectivity index (χ1) is 11.2. The highest BCUT2D eigenvalue weighted by Gasteiger charge is 2.10. The van der Waals surface area contributed by atoms with Crippen LogP contribution in [0.2, 0.25) is 0 Å². The van der Waals surface area contributed by atoms with Crippen LogP contribution < -0.4 is 10.1 Å². The van der Waals surface area contributed by atoms with Crippen molar-refractivity contribution in [2.45, 2.75) is 20.3 Å². The molecular formula is C17H19N5O. The SMILES string of the molecule is CCc1ccnc(Nc2ccc(-c3ncc(C)[nH]3)c(OC)c2)n1. The minimum absolute atomic E-state index is 0.577. The van der Waals surface area contributed by atoms with Crippen LogP contribution in [0.1, 0.15) is 18.3 Å². The van der Waals surface area contributed by atoms with E-state index in [9.17, 15) is 0 Å². The lowest BCUT2D eigenvalue weighted by atomic mass is 10.1. The Kier molecular flexibility index (Phi) is 4.23. The van der Waals surface area contributed by atoms with Crippen molar-refractivity contribution in [3.63, 3.8) is 0 Å². The number of methoxy groups -OCH3 is 1. The molecule has 1 aromatic carbocycles. The summed E-state index contributed by atoms with van der Waals surface area (Å²) in [6, 6.07) is 7.74. The van der Waals surface area contributed by atoms with E-state index in [1.54, 1.807) is 19.5 Å². The topological polar surface area (TPSA) is 75.7 Å². The van der Waals surface area contributed by atoms with Crippen molar-refractivity contribution in [1.82, 2.24) is 19.9 Å². The average Bonchev–Trinajstić information content (AvgIpc) is 3.01. The van der Waals surface area contributed by atoms with Gasteiger partial charge in [-0.25, -0.2) is 15.0 Å². The normalized spacial score (nSPS) is 10.6. The zero-order valence-electron chi connectivity index (χ0n) is 13.4. The van der Waals surface area contributed by atoms with Crippen molar-refractivity contribution < 1.29 is 4.74 Å². The molecule has 0 spiro atoms. The van der Waals surface area contributed by atoms with E-state index >= 15 is 0 Å². The van der Waals surface area contributed by atoms with E-state index in [0.29, 0.717) is 5.95 Å². The third kappa shape index (κ3) is 3.31. The third-order valence-corrected chi connectivity index (χ3v) is 3.49. The van der Waals surface area contributed by atoms with E-state index in [1.807, 2.05) is 31.2 Å². The quantitative estimate of drug-likeness (QED) is 0.754. The molecule has 0 radical (unpaired) electrons. The number of anilines is 2. The van der Waals surface area contributed by atoms with Gasteiger partial charge in [-0.15, -0.1) is 0 Å². The van der Waals surface area contributed by atoms with E-state index < -0.39 is 0 Å². The van der Waals surface area contributed by atoms with Gasteiger partial charge in [-0.2, -0.15) is 0 Å². The van der Waals surface area contributed by atoms with Crippen molar-refractivity contribution in [2.75, 3.05) is 12.4 Å². The second kappa shape index (κ2) is 6.48. The van der Waals surface area contributed by atoms with Gasteiger partial charge in [-0.3, -0.25) is 0 Å². The number of ether oxygens (including phenoxy) is 1. The Morgan fingerprint density at radius 2 is 2.09 bits per heavy atom. The van der Waals surface area contributed by atoms with Gasteiger partial charge < -0.3 is 15.0 Å². The smallest absolute Gasteiger partial charge is 0.227 e. The molecule has 0 unspecified atom stereocenters. The Bertz CT molecular complexity index is 812. The maximum atomic E-state index is 5.49. The molecular weight excluding hydrogens is 290 g/mol. The fourth-order valence-electron chi connectivity index (χ4n) is 2.30. The van der Waals surface area contributed by atoms with E-state index in [2.05, 4.69) is 32.2 Å². The predicted molar refractivity (Wildman–Crippen MR) is 90.0 cm³/mol. The van der Waals surface area contributed by atoms with Crippen molar-refractivity contribution in [3.8, 4) is 17.1 Å². The van der Waals surface area contributed by atoms with E-state index in [0.717, 1.165) is 40.6 Å². The van der Waals surface area contributed by atoms with Crippen LogP contribution in [0.25, 0.3) is 11.4 Å². The summed E-state index contributed by atoms with van der Waals surface area (Å²) in [6.07, 6.45) is 4.42. The fraction of sp³-hybridized carbons (Fsp3) is 0.235. The van der Waals surface area contributed by atoms with Crippen LogP contribution in [0.4, 0.5) is 11.6 Å². The Balaban J connectivity index is 1.89. The highest BCUT2D eigenvalue weighted by atomic mass is 16.5. The Morgan fingerprint density at radius 1 is 1.22 bits per heavy atom. The molecule has 0 bridgehead atoms. The molecule has 0 amide bonds. The summed E-state index contributed by atoms with van der Waals surface area (Å²) in [7, 11) is 1.65. The van der Waals surface area contributed by atoms with Crippen LogP contribution in [-0.4, -0.2) is 27.0 Å². The highest BCUT2D eigenvalue weighted by Crippen LogP contribution is 2.31. The number of hydrogen-bond donors (Lipinski definition) is 2. The summed E-state index contributed by atoms with van der Waals surface area (Å²) >= 11 is 0. The van der Waals surface area contributed by atoms with E-state index in [4.69, 9.17) is 4.74 Å². The number of benzene rings is 1. The van der Waals surface area contributed by atoms with Gasteiger partial charge in [0, 0.05) is 35.5 Å². The number of nitrogens with one attached hydrogen (secondary N) is 2. The number of aromatic nitrogens is 4. The summed E-state index contributed by atoms with van der Waals surface area (Å²) in [5.41, 5.74) is 3.78. The summed E-state index contributed by atoms with van der Waals surface area (Å²) in [5, 5.41) is 3.20. The maximum Gasteiger partial charge on any atom is 0.227 e. The number of aromatic amines is 1. The second-order valence-electron chi connectivity index (χ2n) is 5.18. The Hall–Kier alpha value is -2.89. The van der Waals surface area contributed by atoms with Crippen molar-refractivity contribution in [1.29, 1.82) is 0 Å². The van der Waals surface area contributed by atoms with E-state index in [-0.39, 0.29) is 0 Å². The number of nitrogens with zero attached hydrogens (tertiary/aromatic N) is 3. The number of imidazole rings is 1. The molecule has 3 aromatic rings. The van der Waals surface area contributed by atoms with Gasteiger partial charge in [0.25, 0.3) is 0 Å². The van der Waals surface area contributed by atoms with Crippen LogP contribution >= 0.6 is 0 Å². The largest absolute Gasteiger partial charge is 0.496 e. The van der Waals surface area contributed by atoms with Gasteiger partial charge in [0.2, 0.25) is 5.95 Å². The van der Waals surface area contributed by atoms with Gasteiger partial charge in [-0.1, -0.05) is 6.92 Å². The third-order valence-electron chi connectivity index (χ3n) is 3.49. The van der Waals surface area contributed by atoms with Gasteiger partial charge in [0.05, 0.1) is 12.7 Å². The number of hydrogen-bond acceptors (Lipinski definition) is 5. The monoisotopic (exact) mass is 309 g/mol. The summed E-state index contributed by atoms with van der Waals surface area (Å²) < 4.78 is 5.49. The second-order valence-corrected chi connectivity index (χ2v) is 5.18. The van der Waals surface area contributed by atoms with Crippen molar-refractivity contribution >= 4 is 11.6 Å². The van der Waals surface area contributed by atoms with Gasteiger partial charge >= 0.3 is 0 Å². The molecule has 0 aliphatic rings. The molecule has 3 rings (SSSR count). The molecule has 0 saturated heterocycles. The lowest BCUT2D eigenvalue weighted by Gasteiger charge is -2.10. The minimum Gasteiger partial charge on any atom is -0.496 e. The number of H-pyrrole nitrogens is 1. The maximum absolute atomic E-state index is 5.49.